The Hall–Kier alpha value is -0.780. The van der Waals surface area contributed by atoms with Gasteiger partial charge in [-0.2, -0.15) is 4.31 Å². The molecule has 0 N–H and O–H groups in total. The normalized spacial score (nSPS) is 21.2. The molecule has 6 heteroatoms. The van der Waals surface area contributed by atoms with E-state index in [-0.39, 0.29) is 5.25 Å². The van der Waals surface area contributed by atoms with Crippen molar-refractivity contribution in [3.05, 3.63) is 28.8 Å². The summed E-state index contributed by atoms with van der Waals surface area (Å²) < 4.78 is 26.1. The molecule has 2 aliphatic rings. The van der Waals surface area contributed by atoms with Crippen LogP contribution >= 0.6 is 11.6 Å². The minimum atomic E-state index is -3.03. The summed E-state index contributed by atoms with van der Waals surface area (Å²) in [7, 11) is -3.03. The zero-order chi connectivity index (χ0) is 14.3. The summed E-state index contributed by atoms with van der Waals surface area (Å²) in [6.45, 7) is 4.66. The van der Waals surface area contributed by atoms with E-state index in [1.54, 1.807) is 4.31 Å². The van der Waals surface area contributed by atoms with E-state index in [1.165, 1.54) is 5.56 Å². The van der Waals surface area contributed by atoms with Crippen molar-refractivity contribution < 1.29 is 8.42 Å². The Morgan fingerprint density at radius 1 is 1.15 bits per heavy atom. The number of anilines is 1. The number of halogens is 1. The maximum atomic E-state index is 12.2. The summed E-state index contributed by atoms with van der Waals surface area (Å²) in [4.78, 5) is 2.22. The van der Waals surface area contributed by atoms with E-state index >= 15 is 0 Å². The van der Waals surface area contributed by atoms with Gasteiger partial charge in [-0.05, 0) is 37.5 Å². The molecular formula is C14H19ClN2O2S. The highest BCUT2D eigenvalue weighted by Crippen LogP contribution is 2.32. The van der Waals surface area contributed by atoms with Gasteiger partial charge in [0.15, 0.2) is 0 Å². The molecule has 0 bridgehead atoms. The second-order valence-electron chi connectivity index (χ2n) is 5.56. The van der Waals surface area contributed by atoms with Gasteiger partial charge in [-0.3, -0.25) is 0 Å². The molecule has 0 radical (unpaired) electrons. The van der Waals surface area contributed by atoms with Crippen molar-refractivity contribution in [1.82, 2.24) is 4.31 Å². The van der Waals surface area contributed by atoms with Crippen LogP contribution in [0.1, 0.15) is 18.4 Å². The maximum Gasteiger partial charge on any atom is 0.217 e. The van der Waals surface area contributed by atoms with Gasteiger partial charge in [-0.25, -0.2) is 8.42 Å². The van der Waals surface area contributed by atoms with Crippen LogP contribution in [-0.2, 0) is 10.0 Å². The Morgan fingerprint density at radius 3 is 2.40 bits per heavy atom. The van der Waals surface area contributed by atoms with Crippen LogP contribution in [0.15, 0.2) is 18.2 Å². The van der Waals surface area contributed by atoms with Gasteiger partial charge >= 0.3 is 0 Å². The molecule has 1 aliphatic heterocycles. The van der Waals surface area contributed by atoms with Gasteiger partial charge in [0.05, 0.1) is 5.25 Å². The van der Waals surface area contributed by atoms with Crippen molar-refractivity contribution in [2.24, 2.45) is 0 Å². The number of sulfonamides is 1. The molecule has 1 heterocycles. The van der Waals surface area contributed by atoms with Gasteiger partial charge < -0.3 is 4.90 Å². The molecule has 4 nitrogen and oxygen atoms in total. The standard InChI is InChI=1S/C14H19ClN2O2S/c1-11-2-3-12(15)10-14(11)16-6-8-17(9-7-16)20(18,19)13-4-5-13/h2-3,10,13H,4-9H2,1H3. The maximum absolute atomic E-state index is 12.2. The largest absolute Gasteiger partial charge is 0.369 e. The van der Waals surface area contributed by atoms with Gasteiger partial charge in [0.2, 0.25) is 10.0 Å². The summed E-state index contributed by atoms with van der Waals surface area (Å²) >= 11 is 6.05. The smallest absolute Gasteiger partial charge is 0.217 e. The number of hydrogen-bond donors (Lipinski definition) is 0. The second kappa shape index (κ2) is 5.20. The lowest BCUT2D eigenvalue weighted by molar-refractivity contribution is 0.384. The fourth-order valence-corrected chi connectivity index (χ4v) is 4.68. The molecule has 0 atom stereocenters. The Bertz CT molecular complexity index is 606. The predicted octanol–water partition coefficient (Wildman–Crippen LogP) is 2.26. The Kier molecular flexibility index (Phi) is 3.69. The molecule has 0 amide bonds. The van der Waals surface area contributed by atoms with Crippen LogP contribution < -0.4 is 4.90 Å². The van der Waals surface area contributed by atoms with Crippen LogP contribution in [0.25, 0.3) is 0 Å². The molecule has 110 valence electrons. The van der Waals surface area contributed by atoms with Crippen molar-refractivity contribution in [3.8, 4) is 0 Å². The van der Waals surface area contributed by atoms with Crippen LogP contribution in [0.5, 0.6) is 0 Å². The zero-order valence-corrected chi connectivity index (χ0v) is 13.1. The van der Waals surface area contributed by atoms with Crippen LogP contribution in [0.4, 0.5) is 5.69 Å². The second-order valence-corrected chi connectivity index (χ2v) is 8.21. The molecule has 0 aromatic heterocycles. The van der Waals surface area contributed by atoms with Crippen LogP contribution in [0.2, 0.25) is 5.02 Å². The van der Waals surface area contributed by atoms with Gasteiger partial charge in [-0.1, -0.05) is 17.7 Å². The highest BCUT2D eigenvalue weighted by Gasteiger charge is 2.41. The van der Waals surface area contributed by atoms with Crippen molar-refractivity contribution in [2.45, 2.75) is 25.0 Å². The summed E-state index contributed by atoms with van der Waals surface area (Å²) in [5.74, 6) is 0. The number of piperazine rings is 1. The van der Waals surface area contributed by atoms with Crippen molar-refractivity contribution >= 4 is 27.3 Å². The minimum absolute atomic E-state index is 0.109. The third-order valence-corrected chi connectivity index (χ3v) is 6.69. The Labute approximate surface area is 125 Å². The summed E-state index contributed by atoms with van der Waals surface area (Å²) in [5, 5.41) is 0.612. The molecule has 1 aromatic carbocycles. The van der Waals surface area contributed by atoms with Gasteiger partial charge in [0.25, 0.3) is 0 Å². The Morgan fingerprint density at radius 2 is 1.80 bits per heavy atom. The van der Waals surface area contributed by atoms with Crippen molar-refractivity contribution in [2.75, 3.05) is 31.1 Å². The molecule has 0 unspecified atom stereocenters. The number of nitrogens with zero attached hydrogens (tertiary/aromatic N) is 2. The zero-order valence-electron chi connectivity index (χ0n) is 11.5. The Balaban J connectivity index is 1.71. The fraction of sp³-hybridized carbons (Fsp3) is 0.571. The average Bonchev–Trinajstić information content (AvgIpc) is 3.26. The molecular weight excluding hydrogens is 296 g/mol. The molecule has 0 spiro atoms. The lowest BCUT2D eigenvalue weighted by Crippen LogP contribution is -2.49. The number of aryl methyl sites for hydroxylation is 1. The SMILES string of the molecule is Cc1ccc(Cl)cc1N1CCN(S(=O)(=O)C2CC2)CC1. The van der Waals surface area contributed by atoms with Gasteiger partial charge in [0.1, 0.15) is 0 Å². The predicted molar refractivity (Wildman–Crippen MR) is 81.9 cm³/mol. The fourth-order valence-electron chi connectivity index (χ4n) is 2.68. The summed E-state index contributed by atoms with van der Waals surface area (Å²) in [6, 6.07) is 5.85. The average molecular weight is 315 g/mol. The molecule has 1 aromatic rings. The van der Waals surface area contributed by atoms with E-state index in [9.17, 15) is 8.42 Å². The molecule has 1 saturated carbocycles. The summed E-state index contributed by atoms with van der Waals surface area (Å²) in [5.41, 5.74) is 2.29. The summed E-state index contributed by atoms with van der Waals surface area (Å²) in [6.07, 6.45) is 1.66. The topological polar surface area (TPSA) is 40.6 Å². The van der Waals surface area contributed by atoms with E-state index in [2.05, 4.69) is 11.8 Å². The van der Waals surface area contributed by atoms with Crippen LogP contribution in [0.3, 0.4) is 0 Å². The van der Waals surface area contributed by atoms with Gasteiger partial charge in [0, 0.05) is 36.9 Å². The molecule has 2 fully saturated rings. The van der Waals surface area contributed by atoms with Gasteiger partial charge in [-0.15, -0.1) is 0 Å². The van der Waals surface area contributed by atoms with Crippen LogP contribution in [-0.4, -0.2) is 44.2 Å². The molecule has 3 rings (SSSR count). The monoisotopic (exact) mass is 314 g/mol. The quantitative estimate of drug-likeness (QED) is 0.859. The first kappa shape index (κ1) is 14.2. The molecule has 20 heavy (non-hydrogen) atoms. The highest BCUT2D eigenvalue weighted by molar-refractivity contribution is 7.90. The highest BCUT2D eigenvalue weighted by atomic mass is 35.5. The minimum Gasteiger partial charge on any atom is -0.369 e. The first-order valence-electron chi connectivity index (χ1n) is 6.98. The lowest BCUT2D eigenvalue weighted by Gasteiger charge is -2.36. The number of rotatable bonds is 3. The third kappa shape index (κ3) is 2.67. The van der Waals surface area contributed by atoms with E-state index in [4.69, 9.17) is 11.6 Å². The van der Waals surface area contributed by atoms with Crippen molar-refractivity contribution in [3.63, 3.8) is 0 Å². The third-order valence-electron chi connectivity index (χ3n) is 4.06. The van der Waals surface area contributed by atoms with E-state index < -0.39 is 10.0 Å². The first-order chi connectivity index (χ1) is 9.48. The van der Waals surface area contributed by atoms with E-state index in [0.29, 0.717) is 13.1 Å². The number of hydrogen-bond acceptors (Lipinski definition) is 3. The lowest BCUT2D eigenvalue weighted by atomic mass is 10.1. The van der Waals surface area contributed by atoms with E-state index in [1.807, 2.05) is 18.2 Å². The first-order valence-corrected chi connectivity index (χ1v) is 8.86. The van der Waals surface area contributed by atoms with Crippen LogP contribution in [0, 0.1) is 6.92 Å². The van der Waals surface area contributed by atoms with E-state index in [0.717, 1.165) is 36.6 Å². The molecule has 1 saturated heterocycles. The molecule has 1 aliphatic carbocycles. The van der Waals surface area contributed by atoms with Crippen molar-refractivity contribution in [1.29, 1.82) is 0 Å². The number of benzene rings is 1.